The van der Waals surface area contributed by atoms with Crippen molar-refractivity contribution < 1.29 is 8.42 Å². The van der Waals surface area contributed by atoms with Gasteiger partial charge in [0.1, 0.15) is 0 Å². The Balaban J connectivity index is 2.18. The lowest BCUT2D eigenvalue weighted by Crippen LogP contribution is -2.23. The third-order valence-corrected chi connectivity index (χ3v) is 5.69. The molecule has 19 heavy (non-hydrogen) atoms. The molecule has 1 aromatic carbocycles. The minimum Gasteiger partial charge on any atom is -0.245 e. The Bertz CT molecular complexity index is 696. The van der Waals surface area contributed by atoms with E-state index in [1.54, 1.807) is 18.2 Å². The number of sulfonamides is 1. The van der Waals surface area contributed by atoms with Crippen LogP contribution in [0.2, 0.25) is 0 Å². The van der Waals surface area contributed by atoms with Gasteiger partial charge >= 0.3 is 0 Å². The van der Waals surface area contributed by atoms with Crippen molar-refractivity contribution in [3.05, 3.63) is 44.3 Å². The fourth-order valence-corrected chi connectivity index (χ4v) is 4.36. The van der Waals surface area contributed by atoms with E-state index < -0.39 is 10.0 Å². The average molecular weight is 361 g/mol. The van der Waals surface area contributed by atoms with Crippen LogP contribution in [-0.2, 0) is 16.6 Å². The third-order valence-electron chi connectivity index (χ3n) is 2.49. The van der Waals surface area contributed by atoms with E-state index in [0.29, 0.717) is 4.47 Å². The van der Waals surface area contributed by atoms with E-state index in [-0.39, 0.29) is 11.4 Å². The van der Waals surface area contributed by atoms with Crippen LogP contribution in [0.15, 0.2) is 32.9 Å². The summed E-state index contributed by atoms with van der Waals surface area (Å²) in [6.45, 7) is 4.00. The molecule has 0 fully saturated rings. The van der Waals surface area contributed by atoms with Crippen LogP contribution >= 0.6 is 27.3 Å². The molecule has 0 bridgehead atoms. The number of thiazole rings is 1. The zero-order valence-corrected chi connectivity index (χ0v) is 13.7. The number of aromatic nitrogens is 1. The van der Waals surface area contributed by atoms with E-state index in [9.17, 15) is 8.42 Å². The summed E-state index contributed by atoms with van der Waals surface area (Å²) in [5.41, 5.74) is 1.73. The molecule has 0 saturated heterocycles. The molecule has 0 aliphatic heterocycles. The molecule has 1 aromatic heterocycles. The van der Waals surface area contributed by atoms with Gasteiger partial charge in [-0.05, 0) is 47.5 Å². The lowest BCUT2D eigenvalue weighted by molar-refractivity contribution is 0.580. The monoisotopic (exact) mass is 360 g/mol. The van der Waals surface area contributed by atoms with E-state index in [0.717, 1.165) is 16.3 Å². The Morgan fingerprint density at radius 2 is 2.11 bits per heavy atom. The Morgan fingerprint density at radius 1 is 1.37 bits per heavy atom. The Kier molecular flexibility index (Phi) is 4.39. The van der Waals surface area contributed by atoms with Crippen LogP contribution in [0.4, 0.5) is 0 Å². The van der Waals surface area contributed by atoms with Gasteiger partial charge in [-0.15, -0.1) is 11.3 Å². The molecule has 7 heteroatoms. The van der Waals surface area contributed by atoms with Gasteiger partial charge in [-0.25, -0.2) is 18.1 Å². The molecule has 2 aromatic rings. The van der Waals surface area contributed by atoms with Gasteiger partial charge in [-0.2, -0.15) is 0 Å². The number of rotatable bonds is 4. The summed E-state index contributed by atoms with van der Waals surface area (Å²) in [7, 11) is -3.53. The van der Waals surface area contributed by atoms with Crippen molar-refractivity contribution >= 4 is 37.3 Å². The standard InChI is InChI=1S/C12H13BrN2O2S2/c1-8-3-4-12(11(13)5-8)19(16,17)14-6-10-7-18-9(2)15-10/h3-5,7,14H,6H2,1-2H3. The second-order valence-corrected chi connectivity index (χ2v) is 7.77. The maximum Gasteiger partial charge on any atom is 0.242 e. The Hall–Kier alpha value is -0.760. The highest BCUT2D eigenvalue weighted by molar-refractivity contribution is 9.10. The molecule has 0 unspecified atom stereocenters. The molecule has 0 aliphatic rings. The molecule has 4 nitrogen and oxygen atoms in total. The summed E-state index contributed by atoms with van der Waals surface area (Å²) >= 11 is 4.78. The maximum absolute atomic E-state index is 12.2. The lowest BCUT2D eigenvalue weighted by Gasteiger charge is -2.08. The molecule has 0 amide bonds. The summed E-state index contributed by atoms with van der Waals surface area (Å²) in [5.74, 6) is 0. The third kappa shape index (κ3) is 3.62. The minimum absolute atomic E-state index is 0.201. The van der Waals surface area contributed by atoms with Crippen LogP contribution in [-0.4, -0.2) is 13.4 Å². The van der Waals surface area contributed by atoms with Crippen molar-refractivity contribution in [3.63, 3.8) is 0 Å². The van der Waals surface area contributed by atoms with Gasteiger partial charge in [-0.3, -0.25) is 0 Å². The van der Waals surface area contributed by atoms with Gasteiger partial charge in [0, 0.05) is 9.85 Å². The Morgan fingerprint density at radius 3 is 2.68 bits per heavy atom. The van der Waals surface area contributed by atoms with Gasteiger partial charge < -0.3 is 0 Å². The minimum atomic E-state index is -3.53. The average Bonchev–Trinajstić information content (AvgIpc) is 2.72. The first-order valence-electron chi connectivity index (χ1n) is 5.55. The van der Waals surface area contributed by atoms with Crippen LogP contribution < -0.4 is 4.72 Å². The van der Waals surface area contributed by atoms with E-state index in [1.807, 2.05) is 19.2 Å². The van der Waals surface area contributed by atoms with Crippen molar-refractivity contribution in [2.75, 3.05) is 0 Å². The SMILES string of the molecule is Cc1ccc(S(=O)(=O)NCc2csc(C)n2)c(Br)c1. The van der Waals surface area contributed by atoms with Crippen molar-refractivity contribution in [3.8, 4) is 0 Å². The van der Waals surface area contributed by atoms with Crippen molar-refractivity contribution in [2.45, 2.75) is 25.3 Å². The second kappa shape index (κ2) is 5.70. The van der Waals surface area contributed by atoms with Crippen LogP contribution in [0.25, 0.3) is 0 Å². The first kappa shape index (κ1) is 14.6. The second-order valence-electron chi connectivity index (χ2n) is 4.12. The first-order valence-corrected chi connectivity index (χ1v) is 8.71. The van der Waals surface area contributed by atoms with Crippen LogP contribution in [0.3, 0.4) is 0 Å². The fraction of sp³-hybridized carbons (Fsp3) is 0.250. The van der Waals surface area contributed by atoms with Crippen LogP contribution in [0, 0.1) is 13.8 Å². The molecular formula is C12H13BrN2O2S2. The predicted molar refractivity (Wildman–Crippen MR) is 79.8 cm³/mol. The van der Waals surface area contributed by atoms with Crippen molar-refractivity contribution in [1.29, 1.82) is 0 Å². The van der Waals surface area contributed by atoms with Crippen molar-refractivity contribution in [1.82, 2.24) is 9.71 Å². The van der Waals surface area contributed by atoms with E-state index >= 15 is 0 Å². The molecule has 102 valence electrons. The summed E-state index contributed by atoms with van der Waals surface area (Å²) in [6.07, 6.45) is 0. The van der Waals surface area contributed by atoms with E-state index in [2.05, 4.69) is 25.6 Å². The summed E-state index contributed by atoms with van der Waals surface area (Å²) in [6, 6.07) is 5.14. The van der Waals surface area contributed by atoms with Gasteiger partial charge in [0.05, 0.1) is 22.1 Å². The maximum atomic E-state index is 12.2. The summed E-state index contributed by atoms with van der Waals surface area (Å²) in [4.78, 5) is 4.46. The number of nitrogens with zero attached hydrogens (tertiary/aromatic N) is 1. The smallest absolute Gasteiger partial charge is 0.242 e. The molecule has 0 spiro atoms. The number of nitrogens with one attached hydrogen (secondary N) is 1. The normalized spacial score (nSPS) is 11.7. The Labute approximate surface area is 125 Å². The molecule has 0 radical (unpaired) electrons. The topological polar surface area (TPSA) is 59.1 Å². The van der Waals surface area contributed by atoms with E-state index in [1.165, 1.54) is 11.3 Å². The lowest BCUT2D eigenvalue weighted by atomic mass is 10.2. The van der Waals surface area contributed by atoms with Gasteiger partial charge in [-0.1, -0.05) is 6.07 Å². The molecule has 1 N–H and O–H groups in total. The zero-order valence-electron chi connectivity index (χ0n) is 10.5. The number of aryl methyl sites for hydroxylation is 2. The van der Waals surface area contributed by atoms with Gasteiger partial charge in [0.2, 0.25) is 10.0 Å². The van der Waals surface area contributed by atoms with Crippen molar-refractivity contribution in [2.24, 2.45) is 0 Å². The van der Waals surface area contributed by atoms with Crippen LogP contribution in [0.5, 0.6) is 0 Å². The molecule has 1 heterocycles. The molecule has 0 atom stereocenters. The number of hydrogen-bond donors (Lipinski definition) is 1. The number of benzene rings is 1. The summed E-state index contributed by atoms with van der Waals surface area (Å²) < 4.78 is 27.5. The predicted octanol–water partition coefficient (Wildman–Crippen LogP) is 3.00. The van der Waals surface area contributed by atoms with E-state index in [4.69, 9.17) is 0 Å². The largest absolute Gasteiger partial charge is 0.245 e. The molecule has 0 aliphatic carbocycles. The molecular weight excluding hydrogens is 348 g/mol. The summed E-state index contributed by atoms with van der Waals surface area (Å²) in [5, 5.41) is 2.77. The fourth-order valence-electron chi connectivity index (χ4n) is 1.56. The van der Waals surface area contributed by atoms with Crippen LogP contribution in [0.1, 0.15) is 16.3 Å². The highest BCUT2D eigenvalue weighted by Gasteiger charge is 2.17. The van der Waals surface area contributed by atoms with Gasteiger partial charge in [0.25, 0.3) is 0 Å². The molecule has 2 rings (SSSR count). The number of hydrogen-bond acceptors (Lipinski definition) is 4. The quantitative estimate of drug-likeness (QED) is 0.911. The highest BCUT2D eigenvalue weighted by Crippen LogP contribution is 2.23. The zero-order chi connectivity index (χ0) is 14.0. The highest BCUT2D eigenvalue weighted by atomic mass is 79.9. The molecule has 0 saturated carbocycles. The number of halogens is 1. The first-order chi connectivity index (χ1) is 8.88. The van der Waals surface area contributed by atoms with Gasteiger partial charge in [0.15, 0.2) is 0 Å².